The van der Waals surface area contributed by atoms with E-state index in [0.717, 1.165) is 43.1 Å². The van der Waals surface area contributed by atoms with Crippen molar-refractivity contribution in [2.75, 3.05) is 64.1 Å². The third kappa shape index (κ3) is 6.41. The summed E-state index contributed by atoms with van der Waals surface area (Å²) in [4.78, 5) is 28.4. The molecule has 1 aliphatic heterocycles. The van der Waals surface area contributed by atoms with E-state index in [-0.39, 0.29) is 18.0 Å². The number of allylic oxidation sites excluding steroid dienone is 1. The van der Waals surface area contributed by atoms with Crippen molar-refractivity contribution in [3.05, 3.63) is 65.3 Å². The van der Waals surface area contributed by atoms with Crippen molar-refractivity contribution in [2.45, 2.75) is 6.42 Å². The minimum Gasteiger partial charge on any atom is -0.506 e. The van der Waals surface area contributed by atoms with Crippen molar-refractivity contribution in [3.8, 4) is 17.0 Å². The summed E-state index contributed by atoms with van der Waals surface area (Å²) in [5, 5.41) is 22.1. The number of ketones is 1. The minimum atomic E-state index is 0.0112. The number of nitrogens with zero attached hydrogens (tertiary/aromatic N) is 6. The maximum Gasteiger partial charge on any atom is 0.229 e. The highest BCUT2D eigenvalue weighted by Crippen LogP contribution is 2.35. The molecule has 0 aliphatic carbocycles. The van der Waals surface area contributed by atoms with E-state index in [9.17, 15) is 9.90 Å². The number of phenols is 1. The van der Waals surface area contributed by atoms with Gasteiger partial charge in [-0.15, -0.1) is 0 Å². The Labute approximate surface area is 238 Å². The van der Waals surface area contributed by atoms with Gasteiger partial charge in [-0.3, -0.25) is 9.89 Å². The first-order valence-corrected chi connectivity index (χ1v) is 13.5. The van der Waals surface area contributed by atoms with Crippen LogP contribution in [0.25, 0.3) is 22.3 Å². The molecule has 0 unspecified atom stereocenters. The Morgan fingerprint density at radius 1 is 1.15 bits per heavy atom. The lowest BCUT2D eigenvalue weighted by molar-refractivity contribution is -0.114. The molecule has 0 spiro atoms. The summed E-state index contributed by atoms with van der Waals surface area (Å²) in [6, 6.07) is 10.9. The summed E-state index contributed by atoms with van der Waals surface area (Å²) >= 11 is 6.65. The molecule has 0 bridgehead atoms. The van der Waals surface area contributed by atoms with Crippen LogP contribution in [0, 0.1) is 0 Å². The smallest absolute Gasteiger partial charge is 0.229 e. The van der Waals surface area contributed by atoms with Gasteiger partial charge in [0.25, 0.3) is 0 Å². The van der Waals surface area contributed by atoms with Crippen LogP contribution in [-0.2, 0) is 11.2 Å². The second-order valence-electron chi connectivity index (χ2n) is 10.3. The number of rotatable bonds is 9. The zero-order valence-corrected chi connectivity index (χ0v) is 23.6. The highest BCUT2D eigenvalue weighted by molar-refractivity contribution is 6.33. The van der Waals surface area contributed by atoms with Gasteiger partial charge in [-0.2, -0.15) is 10.1 Å². The number of hydrogen-bond donors (Lipinski definition) is 3. The van der Waals surface area contributed by atoms with Gasteiger partial charge in [0.15, 0.2) is 11.4 Å². The maximum atomic E-state index is 12.5. The molecular formula is C29H33ClN8O2. The zero-order valence-electron chi connectivity index (χ0n) is 22.9. The van der Waals surface area contributed by atoms with E-state index in [1.54, 1.807) is 30.5 Å². The molecular weight excluding hydrogens is 528 g/mol. The first kappa shape index (κ1) is 27.6. The topological polar surface area (TPSA) is 114 Å². The third-order valence-corrected chi connectivity index (χ3v) is 7.15. The van der Waals surface area contributed by atoms with E-state index in [0.29, 0.717) is 39.8 Å². The Morgan fingerprint density at radius 2 is 1.95 bits per heavy atom. The summed E-state index contributed by atoms with van der Waals surface area (Å²) < 4.78 is 0. The molecule has 2 aromatic heterocycles. The van der Waals surface area contributed by atoms with Crippen LogP contribution in [-0.4, -0.2) is 94.7 Å². The molecule has 0 radical (unpaired) electrons. The number of nitrogens with one attached hydrogen (secondary N) is 2. The van der Waals surface area contributed by atoms with Crippen LogP contribution in [0.3, 0.4) is 0 Å². The van der Waals surface area contributed by atoms with Crippen molar-refractivity contribution in [1.82, 2.24) is 30.0 Å². The first-order chi connectivity index (χ1) is 19.3. The molecule has 4 aromatic rings. The van der Waals surface area contributed by atoms with E-state index in [2.05, 4.69) is 37.3 Å². The van der Waals surface area contributed by atoms with Crippen molar-refractivity contribution in [2.24, 2.45) is 0 Å². The van der Waals surface area contributed by atoms with Gasteiger partial charge in [0.1, 0.15) is 5.75 Å². The minimum absolute atomic E-state index is 0.0112. The number of H-pyrrole nitrogens is 1. The molecule has 0 saturated carbocycles. The van der Waals surface area contributed by atoms with Gasteiger partial charge in [0.2, 0.25) is 5.95 Å². The first-order valence-electron chi connectivity index (χ1n) is 13.1. The number of piperazine rings is 1. The molecule has 11 heteroatoms. The molecule has 2 aromatic carbocycles. The number of phenolic OH excluding ortho intramolecular Hbond substituents is 1. The van der Waals surface area contributed by atoms with Gasteiger partial charge in [0, 0.05) is 50.4 Å². The average molecular weight is 561 g/mol. The molecule has 10 nitrogen and oxygen atoms in total. The SMILES string of the molecule is CN(C)C/C=C/C(=O)Cc1ccc(Cl)c(-c2nc(Nc3ccc(O)c(N4CCN(C)CC4)c3)nc3[nH]ncc23)c1. The fraction of sp³-hybridized carbons (Fsp3) is 0.310. The van der Waals surface area contributed by atoms with Crippen LogP contribution in [0.1, 0.15) is 5.56 Å². The van der Waals surface area contributed by atoms with Crippen LogP contribution < -0.4 is 10.2 Å². The molecule has 1 saturated heterocycles. The highest BCUT2D eigenvalue weighted by Gasteiger charge is 2.19. The van der Waals surface area contributed by atoms with Gasteiger partial charge in [-0.25, -0.2) is 4.98 Å². The largest absolute Gasteiger partial charge is 0.506 e. The van der Waals surface area contributed by atoms with Crippen LogP contribution in [0.5, 0.6) is 5.75 Å². The van der Waals surface area contributed by atoms with E-state index in [4.69, 9.17) is 16.6 Å². The number of aromatic amines is 1. The number of hydrogen-bond acceptors (Lipinski definition) is 9. The monoisotopic (exact) mass is 560 g/mol. The third-order valence-electron chi connectivity index (χ3n) is 6.82. The Balaban J connectivity index is 1.44. The van der Waals surface area contributed by atoms with Crippen molar-refractivity contribution in [3.63, 3.8) is 0 Å². The summed E-state index contributed by atoms with van der Waals surface area (Å²) in [7, 11) is 6.00. The lowest BCUT2D eigenvalue weighted by Crippen LogP contribution is -2.44. The standard InChI is InChI=1S/C29H33ClN8O2/c1-36(2)10-4-5-21(39)15-19-6-8-24(30)22(16-19)27-23-18-31-35-28(23)34-29(33-27)32-20-7-9-26(40)25(17-20)38-13-11-37(3)12-14-38/h4-9,16-18,40H,10-15H2,1-3H3,(H2,31,32,33,34,35)/b5-4+. The number of benzene rings is 2. The summed E-state index contributed by atoms with van der Waals surface area (Å²) in [5.41, 5.74) is 4.17. The summed E-state index contributed by atoms with van der Waals surface area (Å²) in [6.07, 6.45) is 5.39. The number of aromatic nitrogens is 4. The highest BCUT2D eigenvalue weighted by atomic mass is 35.5. The quantitative estimate of drug-likeness (QED) is 0.206. The van der Waals surface area contributed by atoms with Gasteiger partial charge in [-0.05, 0) is 63.1 Å². The van der Waals surface area contributed by atoms with Gasteiger partial charge >= 0.3 is 0 Å². The zero-order chi connectivity index (χ0) is 28.2. The number of carbonyl (C=O) groups excluding carboxylic acids is 1. The van der Waals surface area contributed by atoms with E-state index in [1.165, 1.54) is 0 Å². The number of likely N-dealkylation sites (N-methyl/N-ethyl adjacent to an activating group) is 2. The van der Waals surface area contributed by atoms with Crippen molar-refractivity contribution >= 4 is 45.7 Å². The molecule has 0 amide bonds. The fourth-order valence-corrected chi connectivity index (χ4v) is 4.85. The number of anilines is 3. The van der Waals surface area contributed by atoms with E-state index >= 15 is 0 Å². The Bertz CT molecular complexity index is 1540. The van der Waals surface area contributed by atoms with Crippen LogP contribution in [0.2, 0.25) is 5.02 Å². The predicted molar refractivity (Wildman–Crippen MR) is 160 cm³/mol. The fourth-order valence-electron chi connectivity index (χ4n) is 4.65. The number of fused-ring (bicyclic) bond motifs is 1. The van der Waals surface area contributed by atoms with Crippen molar-refractivity contribution in [1.29, 1.82) is 0 Å². The lowest BCUT2D eigenvalue weighted by Gasteiger charge is -2.34. The molecule has 1 fully saturated rings. The number of halogens is 1. The molecule has 1 aliphatic rings. The van der Waals surface area contributed by atoms with Gasteiger partial charge < -0.3 is 25.1 Å². The number of aromatic hydroxyl groups is 1. The summed E-state index contributed by atoms with van der Waals surface area (Å²) in [5.74, 6) is 0.596. The normalized spacial score (nSPS) is 14.5. The van der Waals surface area contributed by atoms with Crippen LogP contribution in [0.4, 0.5) is 17.3 Å². The van der Waals surface area contributed by atoms with Crippen LogP contribution >= 0.6 is 11.6 Å². The average Bonchev–Trinajstić information content (AvgIpc) is 3.40. The second-order valence-corrected chi connectivity index (χ2v) is 10.7. The van der Waals surface area contributed by atoms with Gasteiger partial charge in [0.05, 0.1) is 28.0 Å². The molecule has 3 heterocycles. The summed E-state index contributed by atoms with van der Waals surface area (Å²) in [6.45, 7) is 4.22. The Kier molecular flexibility index (Phi) is 8.29. The second kappa shape index (κ2) is 12.0. The Hall–Kier alpha value is -3.99. The lowest BCUT2D eigenvalue weighted by atomic mass is 10.0. The van der Waals surface area contributed by atoms with Crippen LogP contribution in [0.15, 0.2) is 54.7 Å². The molecule has 40 heavy (non-hydrogen) atoms. The molecule has 0 atom stereocenters. The molecule has 208 valence electrons. The van der Waals surface area contributed by atoms with E-state index in [1.807, 2.05) is 43.3 Å². The number of carbonyl (C=O) groups is 1. The molecule has 5 rings (SSSR count). The predicted octanol–water partition coefficient (Wildman–Crippen LogP) is 4.10. The maximum absolute atomic E-state index is 12.5. The Morgan fingerprint density at radius 3 is 2.73 bits per heavy atom. The molecule has 3 N–H and O–H groups in total. The van der Waals surface area contributed by atoms with Gasteiger partial charge in [-0.1, -0.05) is 23.7 Å². The van der Waals surface area contributed by atoms with E-state index < -0.39 is 0 Å². The van der Waals surface area contributed by atoms with Crippen molar-refractivity contribution < 1.29 is 9.90 Å².